The van der Waals surface area contributed by atoms with E-state index in [9.17, 15) is 13.6 Å². The van der Waals surface area contributed by atoms with E-state index in [2.05, 4.69) is 15.9 Å². The highest BCUT2D eigenvalue weighted by Gasteiger charge is 2.18. The van der Waals surface area contributed by atoms with Gasteiger partial charge in [-0.15, -0.1) is 0 Å². The van der Waals surface area contributed by atoms with E-state index in [-0.39, 0.29) is 35.7 Å². The number of nitriles is 1. The van der Waals surface area contributed by atoms with Gasteiger partial charge in [-0.1, -0.05) is 0 Å². The van der Waals surface area contributed by atoms with Gasteiger partial charge in [-0.3, -0.25) is 4.79 Å². The predicted octanol–water partition coefficient (Wildman–Crippen LogP) is 3.48. The minimum Gasteiger partial charge on any atom is -0.479 e. The van der Waals surface area contributed by atoms with Crippen LogP contribution in [0, 0.1) is 23.0 Å². The average Bonchev–Trinajstić information content (AvgIpc) is 2.48. The summed E-state index contributed by atoms with van der Waals surface area (Å²) in [6.07, 6.45) is 0. The van der Waals surface area contributed by atoms with Gasteiger partial charge in [0.1, 0.15) is 23.5 Å². The summed E-state index contributed by atoms with van der Waals surface area (Å²) in [4.78, 5) is 12.0. The molecule has 1 heterocycles. The zero-order chi connectivity index (χ0) is 16.3. The molecule has 0 spiro atoms. The number of hydrogen-bond acceptors (Lipinski definition) is 3. The molecule has 0 radical (unpaired) electrons. The molecule has 0 unspecified atom stereocenters. The second-order valence-electron chi connectivity index (χ2n) is 4.32. The molecule has 22 heavy (non-hydrogen) atoms. The summed E-state index contributed by atoms with van der Waals surface area (Å²) in [6.45, 7) is 1.66. The van der Waals surface area contributed by atoms with Gasteiger partial charge in [-0.25, -0.2) is 8.78 Å². The van der Waals surface area contributed by atoms with Gasteiger partial charge < -0.3 is 9.30 Å². The first-order valence-electron chi connectivity index (χ1n) is 6.38. The molecule has 0 saturated carbocycles. The monoisotopic (exact) mass is 368 g/mol. The van der Waals surface area contributed by atoms with Crippen LogP contribution in [0.15, 0.2) is 33.5 Å². The first kappa shape index (κ1) is 16.2. The molecule has 4 nitrogen and oxygen atoms in total. The Morgan fingerprint density at radius 3 is 2.50 bits per heavy atom. The molecule has 1 aromatic carbocycles. The fourth-order valence-electron chi connectivity index (χ4n) is 2.08. The quantitative estimate of drug-likeness (QED) is 0.829. The van der Waals surface area contributed by atoms with Crippen molar-refractivity contribution < 1.29 is 13.5 Å². The Morgan fingerprint density at radius 2 is 1.95 bits per heavy atom. The van der Waals surface area contributed by atoms with Crippen molar-refractivity contribution in [2.24, 2.45) is 0 Å². The molecule has 0 aliphatic carbocycles. The summed E-state index contributed by atoms with van der Waals surface area (Å²) in [5.74, 6) is -1.81. The summed E-state index contributed by atoms with van der Waals surface area (Å²) in [5.41, 5.74) is -0.545. The van der Waals surface area contributed by atoms with Gasteiger partial charge >= 0.3 is 0 Å². The van der Waals surface area contributed by atoms with Gasteiger partial charge in [0.25, 0.3) is 5.56 Å². The summed E-state index contributed by atoms with van der Waals surface area (Å²) in [5, 5.41) is 8.42. The van der Waals surface area contributed by atoms with Crippen LogP contribution in [0.3, 0.4) is 0 Å². The highest BCUT2D eigenvalue weighted by atomic mass is 79.9. The van der Waals surface area contributed by atoms with Gasteiger partial charge in [0, 0.05) is 18.7 Å². The SMILES string of the molecule is CCn1c(-c2c(F)cc(OCC#N)cc2F)ccc(Br)c1=O. The minimum atomic E-state index is -0.864. The smallest absolute Gasteiger partial charge is 0.265 e. The van der Waals surface area contributed by atoms with Gasteiger partial charge in [-0.2, -0.15) is 5.26 Å². The van der Waals surface area contributed by atoms with Gasteiger partial charge in [0.2, 0.25) is 0 Å². The Hall–Kier alpha value is -2.20. The molecule has 0 atom stereocenters. The molecule has 1 aromatic heterocycles. The van der Waals surface area contributed by atoms with Gasteiger partial charge in [0.05, 0.1) is 15.7 Å². The van der Waals surface area contributed by atoms with Crippen molar-refractivity contribution in [1.82, 2.24) is 4.57 Å². The number of ether oxygens (including phenoxy) is 1. The van der Waals surface area contributed by atoms with Crippen molar-refractivity contribution in [3.8, 4) is 23.1 Å². The zero-order valence-electron chi connectivity index (χ0n) is 11.6. The van der Waals surface area contributed by atoms with E-state index in [0.29, 0.717) is 4.47 Å². The highest BCUT2D eigenvalue weighted by Crippen LogP contribution is 2.29. The van der Waals surface area contributed by atoms with Crippen LogP contribution in [-0.2, 0) is 6.54 Å². The fraction of sp³-hybridized carbons (Fsp3) is 0.200. The molecule has 0 amide bonds. The minimum absolute atomic E-state index is 0.0807. The second kappa shape index (κ2) is 6.71. The van der Waals surface area contributed by atoms with Crippen molar-refractivity contribution in [2.75, 3.05) is 6.61 Å². The van der Waals surface area contributed by atoms with E-state index in [1.165, 1.54) is 16.7 Å². The molecule has 0 aliphatic rings. The number of hydrogen-bond donors (Lipinski definition) is 0. The zero-order valence-corrected chi connectivity index (χ0v) is 13.2. The molecule has 114 valence electrons. The van der Waals surface area contributed by atoms with E-state index < -0.39 is 11.6 Å². The summed E-state index contributed by atoms with van der Waals surface area (Å²) in [6, 6.07) is 6.60. The predicted molar refractivity (Wildman–Crippen MR) is 80.5 cm³/mol. The van der Waals surface area contributed by atoms with Crippen molar-refractivity contribution in [3.05, 3.63) is 50.7 Å². The normalized spacial score (nSPS) is 10.3. The lowest BCUT2D eigenvalue weighted by Gasteiger charge is -2.14. The van der Waals surface area contributed by atoms with E-state index in [0.717, 1.165) is 12.1 Å². The summed E-state index contributed by atoms with van der Waals surface area (Å²) < 4.78 is 35.0. The highest BCUT2D eigenvalue weighted by molar-refractivity contribution is 9.10. The van der Waals surface area contributed by atoms with Crippen LogP contribution in [0.5, 0.6) is 5.75 Å². The Morgan fingerprint density at radius 1 is 1.32 bits per heavy atom. The summed E-state index contributed by atoms with van der Waals surface area (Å²) >= 11 is 3.10. The standard InChI is InChI=1S/C15H11BrF2N2O2/c1-2-20-13(4-3-10(16)15(20)21)14-11(17)7-9(8-12(14)18)22-6-5-19/h3-4,7-8H,2,6H2,1H3. The lowest BCUT2D eigenvalue weighted by molar-refractivity contribution is 0.363. The van der Waals surface area contributed by atoms with Crippen LogP contribution in [0.25, 0.3) is 11.3 Å². The van der Waals surface area contributed by atoms with E-state index >= 15 is 0 Å². The average molecular weight is 369 g/mol. The van der Waals surface area contributed by atoms with Crippen LogP contribution in [0.4, 0.5) is 8.78 Å². The topological polar surface area (TPSA) is 55.0 Å². The third-order valence-electron chi connectivity index (χ3n) is 3.02. The van der Waals surface area contributed by atoms with Crippen molar-refractivity contribution in [3.63, 3.8) is 0 Å². The Labute approximate surface area is 133 Å². The lowest BCUT2D eigenvalue weighted by atomic mass is 10.1. The van der Waals surface area contributed by atoms with Crippen LogP contribution in [-0.4, -0.2) is 11.2 Å². The Kier molecular flexibility index (Phi) is 4.93. The summed E-state index contributed by atoms with van der Waals surface area (Å²) in [7, 11) is 0. The molecule has 0 N–H and O–H groups in total. The maximum Gasteiger partial charge on any atom is 0.265 e. The number of pyridine rings is 1. The van der Waals surface area contributed by atoms with E-state index in [1.807, 2.05) is 0 Å². The molecule has 0 fully saturated rings. The Bertz CT molecular complexity index is 789. The maximum absolute atomic E-state index is 14.2. The van der Waals surface area contributed by atoms with Crippen LogP contribution in [0.1, 0.15) is 6.92 Å². The van der Waals surface area contributed by atoms with Crippen LogP contribution in [0.2, 0.25) is 0 Å². The molecular formula is C15H11BrF2N2O2. The molecule has 2 aromatic rings. The first-order chi connectivity index (χ1) is 10.5. The van der Waals surface area contributed by atoms with E-state index in [1.54, 1.807) is 13.0 Å². The molecule has 0 saturated heterocycles. The number of halogens is 3. The largest absolute Gasteiger partial charge is 0.479 e. The van der Waals surface area contributed by atoms with Gasteiger partial charge in [0.15, 0.2) is 6.61 Å². The third-order valence-corrected chi connectivity index (χ3v) is 3.62. The van der Waals surface area contributed by atoms with E-state index in [4.69, 9.17) is 10.00 Å². The first-order valence-corrected chi connectivity index (χ1v) is 7.17. The number of nitrogens with zero attached hydrogens (tertiary/aromatic N) is 2. The van der Waals surface area contributed by atoms with Crippen LogP contribution >= 0.6 is 15.9 Å². The fourth-order valence-corrected chi connectivity index (χ4v) is 2.42. The third kappa shape index (κ3) is 3.02. The van der Waals surface area contributed by atoms with Gasteiger partial charge in [-0.05, 0) is 35.0 Å². The van der Waals surface area contributed by atoms with Crippen molar-refractivity contribution in [2.45, 2.75) is 13.5 Å². The molecule has 0 aliphatic heterocycles. The number of rotatable bonds is 4. The van der Waals surface area contributed by atoms with Crippen molar-refractivity contribution >= 4 is 15.9 Å². The molecule has 2 rings (SSSR count). The Balaban J connectivity index is 2.62. The maximum atomic E-state index is 14.2. The second-order valence-corrected chi connectivity index (χ2v) is 5.18. The molecule has 0 bridgehead atoms. The number of aromatic nitrogens is 1. The lowest BCUT2D eigenvalue weighted by Crippen LogP contribution is -2.21. The number of benzene rings is 1. The van der Waals surface area contributed by atoms with Crippen molar-refractivity contribution in [1.29, 1.82) is 5.26 Å². The van der Waals surface area contributed by atoms with Crippen LogP contribution < -0.4 is 10.3 Å². The molecular weight excluding hydrogens is 358 g/mol. The molecule has 7 heteroatoms.